The predicted octanol–water partition coefficient (Wildman–Crippen LogP) is 3.82. The Labute approximate surface area is 120 Å². The van der Waals surface area contributed by atoms with Crippen LogP contribution in [0.2, 0.25) is 0 Å². The fraction of sp³-hybridized carbons (Fsp3) is 0.538. The normalized spacial score (nSPS) is 21.5. The number of nitrogens with one attached hydrogen (secondary N) is 1. The minimum Gasteiger partial charge on any atom is -0.373 e. The quantitative estimate of drug-likeness (QED) is 0.681. The first-order chi connectivity index (χ1) is 9.28. The van der Waals surface area contributed by atoms with Crippen LogP contribution in [0.1, 0.15) is 20.3 Å². The fourth-order valence-electron chi connectivity index (χ4n) is 2.41. The third kappa shape index (κ3) is 3.39. The zero-order chi connectivity index (χ0) is 14.9. The van der Waals surface area contributed by atoms with Crippen molar-refractivity contribution in [2.45, 2.75) is 26.3 Å². The van der Waals surface area contributed by atoms with E-state index in [-0.39, 0.29) is 17.1 Å². The molecule has 20 heavy (non-hydrogen) atoms. The van der Waals surface area contributed by atoms with Gasteiger partial charge in [0.05, 0.1) is 11.0 Å². The lowest BCUT2D eigenvalue weighted by atomic mass is 9.87. The van der Waals surface area contributed by atoms with Gasteiger partial charge in [-0.15, -0.1) is 0 Å². The zero-order valence-corrected chi connectivity index (χ0v) is 12.1. The number of benzene rings is 1. The van der Waals surface area contributed by atoms with Gasteiger partial charge in [-0.2, -0.15) is 11.8 Å². The van der Waals surface area contributed by atoms with Crippen molar-refractivity contribution in [2.75, 3.05) is 16.8 Å². The van der Waals surface area contributed by atoms with Crippen LogP contribution >= 0.6 is 11.8 Å². The first-order valence-corrected chi connectivity index (χ1v) is 7.42. The SMILES string of the molecule is CC1(C)CSCC(Nc2c(F)cc(F)cc2[N+](=O)[O-])C1. The predicted molar refractivity (Wildman–Crippen MR) is 76.1 cm³/mol. The molecule has 0 bridgehead atoms. The summed E-state index contributed by atoms with van der Waals surface area (Å²) in [6.07, 6.45) is 0.786. The van der Waals surface area contributed by atoms with Gasteiger partial charge in [0.15, 0.2) is 5.82 Å². The highest BCUT2D eigenvalue weighted by Crippen LogP contribution is 2.37. The van der Waals surface area contributed by atoms with E-state index in [0.29, 0.717) is 6.07 Å². The molecule has 1 aliphatic heterocycles. The second kappa shape index (κ2) is 5.55. The highest BCUT2D eigenvalue weighted by molar-refractivity contribution is 7.99. The van der Waals surface area contributed by atoms with Crippen LogP contribution in [0.3, 0.4) is 0 Å². The largest absolute Gasteiger partial charge is 0.373 e. The number of hydrogen-bond donors (Lipinski definition) is 1. The van der Waals surface area contributed by atoms with E-state index in [1.165, 1.54) is 0 Å². The summed E-state index contributed by atoms with van der Waals surface area (Å²) in [5, 5.41) is 13.8. The average Bonchev–Trinajstić information content (AvgIpc) is 2.30. The van der Waals surface area contributed by atoms with Crippen molar-refractivity contribution in [2.24, 2.45) is 5.41 Å². The number of hydrogen-bond acceptors (Lipinski definition) is 4. The van der Waals surface area contributed by atoms with E-state index in [1.807, 2.05) is 0 Å². The van der Waals surface area contributed by atoms with Crippen molar-refractivity contribution >= 4 is 23.1 Å². The van der Waals surface area contributed by atoms with Gasteiger partial charge in [0, 0.05) is 17.9 Å². The Hall–Kier alpha value is -1.37. The Morgan fingerprint density at radius 3 is 2.75 bits per heavy atom. The zero-order valence-electron chi connectivity index (χ0n) is 11.3. The second-order valence-corrected chi connectivity index (χ2v) is 6.79. The number of nitro groups is 1. The Balaban J connectivity index is 2.27. The van der Waals surface area contributed by atoms with E-state index in [9.17, 15) is 18.9 Å². The molecule has 1 heterocycles. The lowest BCUT2D eigenvalue weighted by Crippen LogP contribution is -2.35. The van der Waals surface area contributed by atoms with E-state index in [0.717, 1.165) is 24.0 Å². The van der Waals surface area contributed by atoms with E-state index < -0.39 is 22.2 Å². The number of halogens is 2. The van der Waals surface area contributed by atoms with Crippen LogP contribution in [0, 0.1) is 27.2 Å². The first-order valence-electron chi connectivity index (χ1n) is 6.26. The molecule has 0 radical (unpaired) electrons. The molecule has 1 aromatic carbocycles. The van der Waals surface area contributed by atoms with Crippen molar-refractivity contribution < 1.29 is 13.7 Å². The molecule has 2 rings (SSSR count). The van der Waals surface area contributed by atoms with Crippen molar-refractivity contribution in [3.05, 3.63) is 33.9 Å². The van der Waals surface area contributed by atoms with Crippen LogP contribution in [0.4, 0.5) is 20.2 Å². The Bertz CT molecular complexity index is 537. The maximum absolute atomic E-state index is 13.8. The van der Waals surface area contributed by atoms with Crippen molar-refractivity contribution in [3.8, 4) is 0 Å². The van der Waals surface area contributed by atoms with E-state index in [2.05, 4.69) is 19.2 Å². The number of rotatable bonds is 3. The molecule has 0 saturated carbocycles. The summed E-state index contributed by atoms with van der Waals surface area (Å²) in [7, 11) is 0. The van der Waals surface area contributed by atoms with E-state index in [1.54, 1.807) is 11.8 Å². The Morgan fingerprint density at radius 1 is 1.45 bits per heavy atom. The van der Waals surface area contributed by atoms with E-state index in [4.69, 9.17) is 0 Å². The van der Waals surface area contributed by atoms with Crippen molar-refractivity contribution in [1.82, 2.24) is 0 Å². The van der Waals surface area contributed by atoms with Gasteiger partial charge in [-0.25, -0.2) is 8.78 Å². The Morgan fingerprint density at radius 2 is 2.15 bits per heavy atom. The van der Waals surface area contributed by atoms with Crippen LogP contribution in [-0.2, 0) is 0 Å². The summed E-state index contributed by atoms with van der Waals surface area (Å²) >= 11 is 1.72. The lowest BCUT2D eigenvalue weighted by molar-refractivity contribution is -0.384. The summed E-state index contributed by atoms with van der Waals surface area (Å²) in [6.45, 7) is 4.20. The lowest BCUT2D eigenvalue weighted by Gasteiger charge is -2.35. The van der Waals surface area contributed by atoms with Gasteiger partial charge < -0.3 is 5.32 Å². The molecule has 1 fully saturated rings. The van der Waals surface area contributed by atoms with Crippen LogP contribution in [0.5, 0.6) is 0 Å². The number of thioether (sulfide) groups is 1. The second-order valence-electron chi connectivity index (χ2n) is 5.76. The number of nitrogens with zero attached hydrogens (tertiary/aromatic N) is 1. The highest BCUT2D eigenvalue weighted by Gasteiger charge is 2.31. The van der Waals surface area contributed by atoms with Gasteiger partial charge >= 0.3 is 0 Å². The van der Waals surface area contributed by atoms with Crippen molar-refractivity contribution in [3.63, 3.8) is 0 Å². The van der Waals surface area contributed by atoms with Gasteiger partial charge in [-0.05, 0) is 17.6 Å². The minimum atomic E-state index is -0.946. The Kier molecular flexibility index (Phi) is 4.17. The van der Waals surface area contributed by atoms with Crippen LogP contribution in [0.15, 0.2) is 12.1 Å². The molecule has 110 valence electrons. The van der Waals surface area contributed by atoms with Gasteiger partial charge in [0.2, 0.25) is 0 Å². The molecule has 0 aromatic heterocycles. The third-order valence-corrected chi connectivity index (χ3v) is 4.81. The summed E-state index contributed by atoms with van der Waals surface area (Å²) < 4.78 is 26.9. The molecule has 0 aliphatic carbocycles. The molecule has 1 N–H and O–H groups in total. The summed E-state index contributed by atoms with van der Waals surface area (Å²) in [5.41, 5.74) is -0.693. The van der Waals surface area contributed by atoms with Gasteiger partial charge in [0.1, 0.15) is 11.5 Å². The summed E-state index contributed by atoms with van der Waals surface area (Å²) in [6, 6.07) is 1.34. The smallest absolute Gasteiger partial charge is 0.298 e. The molecule has 1 atom stereocenters. The number of anilines is 1. The highest BCUT2D eigenvalue weighted by atomic mass is 32.2. The van der Waals surface area contributed by atoms with Gasteiger partial charge in [-0.1, -0.05) is 13.8 Å². The van der Waals surface area contributed by atoms with Gasteiger partial charge in [0.25, 0.3) is 5.69 Å². The third-order valence-electron chi connectivity index (χ3n) is 3.19. The minimum absolute atomic E-state index is 0.0672. The topological polar surface area (TPSA) is 55.2 Å². The number of nitro benzene ring substituents is 1. The maximum atomic E-state index is 13.8. The maximum Gasteiger partial charge on any atom is 0.298 e. The average molecular weight is 302 g/mol. The first kappa shape index (κ1) is 15.0. The summed E-state index contributed by atoms with van der Waals surface area (Å²) in [5.74, 6) is -0.125. The molecule has 1 unspecified atom stereocenters. The molecule has 0 spiro atoms. The molecular formula is C13H16F2N2O2S. The molecule has 1 aliphatic rings. The monoisotopic (exact) mass is 302 g/mol. The van der Waals surface area contributed by atoms with Crippen LogP contribution < -0.4 is 5.32 Å². The van der Waals surface area contributed by atoms with Gasteiger partial charge in [-0.3, -0.25) is 10.1 Å². The van der Waals surface area contributed by atoms with Crippen molar-refractivity contribution in [1.29, 1.82) is 0 Å². The van der Waals surface area contributed by atoms with Crippen LogP contribution in [0.25, 0.3) is 0 Å². The molecule has 4 nitrogen and oxygen atoms in total. The molecule has 7 heteroatoms. The molecular weight excluding hydrogens is 286 g/mol. The standard InChI is InChI=1S/C13H16F2N2O2S/c1-13(2)5-9(6-20-7-13)16-12-10(15)3-8(14)4-11(12)17(18)19/h3-4,9,16H,5-7H2,1-2H3. The molecule has 0 amide bonds. The molecule has 1 aromatic rings. The molecule has 1 saturated heterocycles. The summed E-state index contributed by atoms with van der Waals surface area (Å²) in [4.78, 5) is 10.2. The van der Waals surface area contributed by atoms with E-state index >= 15 is 0 Å². The van der Waals surface area contributed by atoms with Crippen LogP contribution in [-0.4, -0.2) is 22.5 Å². The fourth-order valence-corrected chi connectivity index (χ4v) is 3.68.